The van der Waals surface area contributed by atoms with Crippen LogP contribution in [0.4, 0.5) is 0 Å². The lowest BCUT2D eigenvalue weighted by Gasteiger charge is -2.19. The highest BCUT2D eigenvalue weighted by molar-refractivity contribution is 5.93. The average Bonchev–Trinajstić information content (AvgIpc) is 3.37. The molecule has 0 amide bonds. The number of pyridine rings is 2. The van der Waals surface area contributed by atoms with Crippen molar-refractivity contribution in [3.8, 4) is 11.5 Å². The molecule has 0 spiro atoms. The fourth-order valence-corrected chi connectivity index (χ4v) is 4.29. The van der Waals surface area contributed by atoms with E-state index in [-0.39, 0.29) is 11.5 Å². The van der Waals surface area contributed by atoms with Gasteiger partial charge in [0.2, 0.25) is 0 Å². The topological polar surface area (TPSA) is 78.4 Å². The molecule has 5 rings (SSSR count). The van der Waals surface area contributed by atoms with Gasteiger partial charge in [0, 0.05) is 24.8 Å². The summed E-state index contributed by atoms with van der Waals surface area (Å²) >= 11 is 0. The van der Waals surface area contributed by atoms with Crippen molar-refractivity contribution in [2.24, 2.45) is 0 Å². The second-order valence-corrected chi connectivity index (χ2v) is 7.40. The minimum atomic E-state index is -0.542. The van der Waals surface area contributed by atoms with Crippen molar-refractivity contribution in [1.29, 1.82) is 0 Å². The first kappa shape index (κ1) is 17.6. The van der Waals surface area contributed by atoms with E-state index in [4.69, 9.17) is 9.47 Å². The first-order chi connectivity index (χ1) is 14.2. The Morgan fingerprint density at radius 3 is 1.69 bits per heavy atom. The Balaban J connectivity index is 1.49. The summed E-state index contributed by atoms with van der Waals surface area (Å²) in [5, 5.41) is 0. The molecule has 6 nitrogen and oxygen atoms in total. The van der Waals surface area contributed by atoms with Gasteiger partial charge in [0.1, 0.15) is 0 Å². The number of rotatable bonds is 4. The zero-order valence-electron chi connectivity index (χ0n) is 15.6. The molecule has 2 bridgehead atoms. The Morgan fingerprint density at radius 2 is 1.28 bits per heavy atom. The molecule has 2 heterocycles. The molecule has 6 heteroatoms. The maximum absolute atomic E-state index is 12.6. The molecule has 2 unspecified atom stereocenters. The number of hydrogen-bond donors (Lipinski definition) is 0. The molecular weight excluding hydrogens is 368 g/mol. The van der Waals surface area contributed by atoms with Gasteiger partial charge in [-0.05, 0) is 78.6 Å². The Kier molecular flexibility index (Phi) is 4.31. The normalized spacial score (nSPS) is 18.9. The maximum Gasteiger partial charge on any atom is 0.345 e. The molecule has 2 atom stereocenters. The van der Waals surface area contributed by atoms with E-state index in [1.165, 1.54) is 23.5 Å². The van der Waals surface area contributed by atoms with Crippen LogP contribution in [0.3, 0.4) is 0 Å². The predicted octanol–water partition coefficient (Wildman–Crippen LogP) is 4.28. The second kappa shape index (κ2) is 7.13. The highest BCUT2D eigenvalue weighted by Gasteiger charge is 2.38. The third-order valence-electron chi connectivity index (χ3n) is 5.66. The van der Waals surface area contributed by atoms with Crippen LogP contribution in [0.25, 0.3) is 0 Å². The molecule has 1 fully saturated rings. The van der Waals surface area contributed by atoms with Crippen LogP contribution in [-0.4, -0.2) is 21.9 Å². The van der Waals surface area contributed by atoms with Gasteiger partial charge >= 0.3 is 11.9 Å². The van der Waals surface area contributed by atoms with Crippen LogP contribution in [0.1, 0.15) is 62.9 Å². The quantitative estimate of drug-likeness (QED) is 0.492. The minimum Gasteiger partial charge on any atom is -0.419 e. The van der Waals surface area contributed by atoms with Crippen molar-refractivity contribution in [1.82, 2.24) is 9.97 Å². The number of benzene rings is 1. The van der Waals surface area contributed by atoms with Crippen molar-refractivity contribution in [2.45, 2.75) is 31.1 Å². The number of carbonyl (C=O) groups excluding carboxylic acids is 2. The molecule has 2 aromatic heterocycles. The molecule has 1 saturated carbocycles. The summed E-state index contributed by atoms with van der Waals surface area (Å²) < 4.78 is 11.3. The van der Waals surface area contributed by atoms with Crippen LogP contribution in [-0.2, 0) is 0 Å². The van der Waals surface area contributed by atoms with E-state index in [1.807, 2.05) is 12.1 Å². The van der Waals surface area contributed by atoms with Gasteiger partial charge in [0.15, 0.2) is 11.5 Å². The number of hydrogen-bond acceptors (Lipinski definition) is 6. The number of nitrogens with zero attached hydrogens (tertiary/aromatic N) is 2. The molecule has 0 radical (unpaired) electrons. The highest BCUT2D eigenvalue weighted by Crippen LogP contribution is 2.55. The Labute approximate surface area is 167 Å². The number of ether oxygens (including phenoxy) is 2. The number of esters is 2. The monoisotopic (exact) mass is 386 g/mol. The van der Waals surface area contributed by atoms with E-state index in [2.05, 4.69) is 9.97 Å². The molecule has 29 heavy (non-hydrogen) atoms. The van der Waals surface area contributed by atoms with Crippen molar-refractivity contribution >= 4 is 11.9 Å². The molecule has 2 aliphatic carbocycles. The smallest absolute Gasteiger partial charge is 0.345 e. The Hall–Kier alpha value is -3.54. The van der Waals surface area contributed by atoms with Crippen molar-refractivity contribution in [3.05, 3.63) is 83.4 Å². The lowest BCUT2D eigenvalue weighted by molar-refractivity contribution is 0.0681. The SMILES string of the molecule is O=C(Oc1cc2c(cc1OC(=O)c1cccnc1)C1CCC2C1)c1cccnc1. The van der Waals surface area contributed by atoms with Crippen molar-refractivity contribution in [2.75, 3.05) is 0 Å². The summed E-state index contributed by atoms with van der Waals surface area (Å²) in [6.45, 7) is 0. The summed E-state index contributed by atoms with van der Waals surface area (Å²) in [6.07, 6.45) is 9.45. The highest BCUT2D eigenvalue weighted by atomic mass is 16.6. The van der Waals surface area contributed by atoms with Gasteiger partial charge in [-0.25, -0.2) is 9.59 Å². The van der Waals surface area contributed by atoms with Crippen LogP contribution < -0.4 is 9.47 Å². The summed E-state index contributed by atoms with van der Waals surface area (Å²) in [5.74, 6) is 0.382. The fraction of sp³-hybridized carbons (Fsp3) is 0.217. The lowest BCUT2D eigenvalue weighted by Crippen LogP contribution is -2.14. The predicted molar refractivity (Wildman–Crippen MR) is 104 cm³/mol. The van der Waals surface area contributed by atoms with E-state index in [1.54, 1.807) is 36.7 Å². The largest absolute Gasteiger partial charge is 0.419 e. The van der Waals surface area contributed by atoms with E-state index >= 15 is 0 Å². The fourth-order valence-electron chi connectivity index (χ4n) is 4.29. The molecule has 0 aliphatic heterocycles. The van der Waals surface area contributed by atoms with Gasteiger partial charge in [-0.2, -0.15) is 0 Å². The zero-order chi connectivity index (χ0) is 19.8. The molecule has 144 valence electrons. The van der Waals surface area contributed by atoms with Crippen LogP contribution in [0.15, 0.2) is 61.2 Å². The molecule has 2 aliphatic rings. The van der Waals surface area contributed by atoms with E-state index < -0.39 is 11.9 Å². The first-order valence-electron chi connectivity index (χ1n) is 9.61. The Morgan fingerprint density at radius 1 is 0.793 bits per heavy atom. The van der Waals surface area contributed by atoms with Crippen molar-refractivity contribution in [3.63, 3.8) is 0 Å². The molecule has 0 N–H and O–H groups in total. The third-order valence-corrected chi connectivity index (χ3v) is 5.66. The Bertz CT molecular complexity index is 996. The van der Waals surface area contributed by atoms with Gasteiger partial charge in [-0.3, -0.25) is 9.97 Å². The molecule has 1 aromatic carbocycles. The van der Waals surface area contributed by atoms with E-state index in [0.29, 0.717) is 23.0 Å². The lowest BCUT2D eigenvalue weighted by atomic mass is 9.91. The third kappa shape index (κ3) is 3.27. The van der Waals surface area contributed by atoms with Gasteiger partial charge in [-0.1, -0.05) is 0 Å². The van der Waals surface area contributed by atoms with E-state index in [0.717, 1.165) is 19.3 Å². The summed E-state index contributed by atoms with van der Waals surface area (Å²) in [4.78, 5) is 33.0. The van der Waals surface area contributed by atoms with Crippen LogP contribution in [0.5, 0.6) is 11.5 Å². The number of aromatic nitrogens is 2. The minimum absolute atomic E-state index is 0.252. The van der Waals surface area contributed by atoms with Crippen LogP contribution in [0.2, 0.25) is 0 Å². The summed E-state index contributed by atoms with van der Waals surface area (Å²) in [6, 6.07) is 10.3. The first-order valence-corrected chi connectivity index (χ1v) is 9.61. The summed E-state index contributed by atoms with van der Waals surface area (Å²) in [5.41, 5.74) is 3.05. The average molecular weight is 386 g/mol. The second-order valence-electron chi connectivity index (χ2n) is 7.40. The molecular formula is C23H18N2O4. The van der Waals surface area contributed by atoms with Gasteiger partial charge in [-0.15, -0.1) is 0 Å². The van der Waals surface area contributed by atoms with Gasteiger partial charge < -0.3 is 9.47 Å². The van der Waals surface area contributed by atoms with E-state index in [9.17, 15) is 9.59 Å². The zero-order valence-corrected chi connectivity index (χ0v) is 15.6. The standard InChI is InChI=1S/C23H18N2O4/c26-22(16-3-1-7-24-12-16)28-20-10-18-14-5-6-15(9-14)19(18)11-21(20)29-23(27)17-4-2-8-25-13-17/h1-4,7-8,10-15H,5-6,9H2. The molecule has 3 aromatic rings. The molecule has 0 saturated heterocycles. The van der Waals surface area contributed by atoms with Crippen LogP contribution in [0, 0.1) is 0 Å². The van der Waals surface area contributed by atoms with Gasteiger partial charge in [0.05, 0.1) is 11.1 Å². The maximum atomic E-state index is 12.6. The van der Waals surface area contributed by atoms with Gasteiger partial charge in [0.25, 0.3) is 0 Å². The van der Waals surface area contributed by atoms with Crippen molar-refractivity contribution < 1.29 is 19.1 Å². The number of fused-ring (bicyclic) bond motifs is 5. The number of carbonyl (C=O) groups is 2. The van der Waals surface area contributed by atoms with Crippen LogP contribution >= 0.6 is 0 Å². The summed E-state index contributed by atoms with van der Waals surface area (Å²) in [7, 11) is 0.